The highest BCUT2D eigenvalue weighted by molar-refractivity contribution is 5.97. The number of hydrogen-bond donors (Lipinski definition) is 1. The molecule has 0 heterocycles. The molecule has 0 fully saturated rings. The smallest absolute Gasteiger partial charge is 0.176 e. The van der Waals surface area contributed by atoms with Crippen LogP contribution in [0.4, 0.5) is 4.39 Å². The summed E-state index contributed by atoms with van der Waals surface area (Å²) in [6.45, 7) is 8.79. The van der Waals surface area contributed by atoms with Crippen molar-refractivity contribution in [3.05, 3.63) is 35.6 Å². The molecule has 0 aliphatic heterocycles. The number of nitrogens with zero attached hydrogens (tertiary/aromatic N) is 1. The molecule has 0 aliphatic carbocycles. The molecule has 112 valence electrons. The second-order valence-electron chi connectivity index (χ2n) is 4.84. The molecule has 20 heavy (non-hydrogen) atoms. The van der Waals surface area contributed by atoms with Crippen LogP contribution in [0.1, 0.15) is 37.0 Å². The first-order chi connectivity index (χ1) is 9.67. The standard InChI is InChI=1S/C16H25FN2O/c1-3-19(4-2)12-6-5-11-18-13-16(20)14-7-9-15(17)10-8-14/h7-10,18H,3-6,11-13H2,1-2H3. The first-order valence-electron chi connectivity index (χ1n) is 7.39. The Bertz CT molecular complexity index is 388. The molecule has 0 saturated carbocycles. The number of Topliss-reactive ketones (excluding diaryl/α,β-unsaturated/α-hetero) is 1. The molecule has 1 aromatic rings. The van der Waals surface area contributed by atoms with E-state index in [1.807, 2.05) is 0 Å². The van der Waals surface area contributed by atoms with Crippen LogP contribution in [-0.4, -0.2) is 43.4 Å². The highest BCUT2D eigenvalue weighted by Crippen LogP contribution is 2.03. The van der Waals surface area contributed by atoms with E-state index in [1.165, 1.54) is 24.3 Å². The summed E-state index contributed by atoms with van der Waals surface area (Å²) in [4.78, 5) is 14.2. The van der Waals surface area contributed by atoms with Crippen molar-refractivity contribution >= 4 is 5.78 Å². The van der Waals surface area contributed by atoms with Crippen LogP contribution < -0.4 is 5.32 Å². The largest absolute Gasteiger partial charge is 0.310 e. The SMILES string of the molecule is CCN(CC)CCCCNCC(=O)c1ccc(F)cc1. The Kier molecular flexibility index (Phi) is 8.07. The molecule has 0 spiro atoms. The predicted molar refractivity (Wildman–Crippen MR) is 80.6 cm³/mol. The van der Waals surface area contributed by atoms with Crippen molar-refractivity contribution in [2.75, 3.05) is 32.7 Å². The van der Waals surface area contributed by atoms with Gasteiger partial charge in [-0.25, -0.2) is 4.39 Å². The molecule has 0 radical (unpaired) electrons. The maximum absolute atomic E-state index is 12.7. The fourth-order valence-corrected chi connectivity index (χ4v) is 2.07. The Morgan fingerprint density at radius 2 is 1.80 bits per heavy atom. The first kappa shape index (κ1) is 16.8. The number of carbonyl (C=O) groups excluding carboxylic acids is 1. The Hall–Kier alpha value is -1.26. The zero-order chi connectivity index (χ0) is 14.8. The number of rotatable bonds is 10. The average molecular weight is 280 g/mol. The zero-order valence-corrected chi connectivity index (χ0v) is 12.5. The Morgan fingerprint density at radius 3 is 2.40 bits per heavy atom. The molecule has 0 saturated heterocycles. The van der Waals surface area contributed by atoms with E-state index in [0.29, 0.717) is 12.1 Å². The monoisotopic (exact) mass is 280 g/mol. The van der Waals surface area contributed by atoms with Crippen LogP contribution in [0.3, 0.4) is 0 Å². The number of nitrogens with one attached hydrogen (secondary N) is 1. The third-order valence-corrected chi connectivity index (χ3v) is 3.42. The van der Waals surface area contributed by atoms with E-state index < -0.39 is 0 Å². The van der Waals surface area contributed by atoms with Gasteiger partial charge in [0.05, 0.1) is 6.54 Å². The maximum atomic E-state index is 12.7. The normalized spacial score (nSPS) is 11.0. The molecule has 3 nitrogen and oxygen atoms in total. The summed E-state index contributed by atoms with van der Waals surface area (Å²) in [5.41, 5.74) is 0.557. The summed E-state index contributed by atoms with van der Waals surface area (Å²) in [7, 11) is 0. The van der Waals surface area contributed by atoms with Crippen molar-refractivity contribution in [1.82, 2.24) is 10.2 Å². The molecule has 0 atom stereocenters. The van der Waals surface area contributed by atoms with E-state index in [2.05, 4.69) is 24.1 Å². The number of carbonyl (C=O) groups is 1. The van der Waals surface area contributed by atoms with E-state index in [9.17, 15) is 9.18 Å². The molecular weight excluding hydrogens is 255 g/mol. The van der Waals surface area contributed by atoms with Crippen LogP contribution in [0, 0.1) is 5.82 Å². The minimum Gasteiger partial charge on any atom is -0.310 e. The second-order valence-corrected chi connectivity index (χ2v) is 4.84. The topological polar surface area (TPSA) is 32.3 Å². The lowest BCUT2D eigenvalue weighted by atomic mass is 10.1. The predicted octanol–water partition coefficient (Wildman–Crippen LogP) is 2.72. The molecule has 1 N–H and O–H groups in total. The van der Waals surface area contributed by atoms with Gasteiger partial charge >= 0.3 is 0 Å². The Balaban J connectivity index is 2.12. The van der Waals surface area contributed by atoms with Gasteiger partial charge in [-0.2, -0.15) is 0 Å². The van der Waals surface area contributed by atoms with Crippen molar-refractivity contribution in [2.45, 2.75) is 26.7 Å². The van der Waals surface area contributed by atoms with Gasteiger partial charge in [-0.3, -0.25) is 4.79 Å². The van der Waals surface area contributed by atoms with Crippen molar-refractivity contribution < 1.29 is 9.18 Å². The summed E-state index contributed by atoms with van der Waals surface area (Å²) >= 11 is 0. The van der Waals surface area contributed by atoms with Gasteiger partial charge in [0.1, 0.15) is 5.82 Å². The van der Waals surface area contributed by atoms with Gasteiger partial charge in [-0.05, 0) is 63.3 Å². The fraction of sp³-hybridized carbons (Fsp3) is 0.562. The second kappa shape index (κ2) is 9.61. The fourth-order valence-electron chi connectivity index (χ4n) is 2.07. The number of hydrogen-bond acceptors (Lipinski definition) is 3. The van der Waals surface area contributed by atoms with Crippen LogP contribution >= 0.6 is 0 Å². The van der Waals surface area contributed by atoms with E-state index >= 15 is 0 Å². The summed E-state index contributed by atoms with van der Waals surface area (Å²) in [5, 5.41) is 3.15. The molecular formula is C16H25FN2O. The summed E-state index contributed by atoms with van der Waals surface area (Å²) in [5.74, 6) is -0.306. The zero-order valence-electron chi connectivity index (χ0n) is 12.5. The van der Waals surface area contributed by atoms with Gasteiger partial charge in [0.2, 0.25) is 0 Å². The van der Waals surface area contributed by atoms with E-state index in [4.69, 9.17) is 0 Å². The van der Waals surface area contributed by atoms with Crippen LogP contribution in [0.25, 0.3) is 0 Å². The Morgan fingerprint density at radius 1 is 1.15 bits per heavy atom. The minimum atomic E-state index is -0.314. The quantitative estimate of drug-likeness (QED) is 0.528. The minimum absolute atomic E-state index is 0.00810. The van der Waals surface area contributed by atoms with Crippen LogP contribution in [0.15, 0.2) is 24.3 Å². The van der Waals surface area contributed by atoms with Gasteiger partial charge < -0.3 is 10.2 Å². The van der Waals surface area contributed by atoms with Crippen molar-refractivity contribution in [3.63, 3.8) is 0 Å². The van der Waals surface area contributed by atoms with Gasteiger partial charge in [-0.1, -0.05) is 13.8 Å². The highest BCUT2D eigenvalue weighted by Gasteiger charge is 2.05. The molecule has 0 aromatic heterocycles. The lowest BCUT2D eigenvalue weighted by Gasteiger charge is -2.17. The van der Waals surface area contributed by atoms with Crippen molar-refractivity contribution in [2.24, 2.45) is 0 Å². The lowest BCUT2D eigenvalue weighted by molar-refractivity contribution is 0.0991. The number of halogens is 1. The maximum Gasteiger partial charge on any atom is 0.176 e. The summed E-state index contributed by atoms with van der Waals surface area (Å²) in [6, 6.07) is 5.69. The van der Waals surface area contributed by atoms with Crippen LogP contribution in [0.5, 0.6) is 0 Å². The molecule has 0 unspecified atom stereocenters. The highest BCUT2D eigenvalue weighted by atomic mass is 19.1. The molecule has 0 amide bonds. The average Bonchev–Trinajstić information content (AvgIpc) is 2.47. The summed E-state index contributed by atoms with van der Waals surface area (Å²) in [6.07, 6.45) is 2.20. The van der Waals surface area contributed by atoms with E-state index in [-0.39, 0.29) is 11.6 Å². The third-order valence-electron chi connectivity index (χ3n) is 3.42. The Labute approximate surface area is 121 Å². The molecule has 1 rings (SSSR count). The van der Waals surface area contributed by atoms with Crippen molar-refractivity contribution in [1.29, 1.82) is 0 Å². The van der Waals surface area contributed by atoms with Crippen LogP contribution in [0.2, 0.25) is 0 Å². The van der Waals surface area contributed by atoms with Crippen LogP contribution in [-0.2, 0) is 0 Å². The molecule has 1 aromatic carbocycles. The lowest BCUT2D eigenvalue weighted by Crippen LogP contribution is -2.26. The molecule has 0 aliphatic rings. The molecule has 4 heteroatoms. The van der Waals surface area contributed by atoms with Gasteiger partial charge in [0.15, 0.2) is 5.78 Å². The van der Waals surface area contributed by atoms with E-state index in [1.54, 1.807) is 0 Å². The van der Waals surface area contributed by atoms with E-state index in [0.717, 1.165) is 39.0 Å². The van der Waals surface area contributed by atoms with Gasteiger partial charge in [0, 0.05) is 5.56 Å². The van der Waals surface area contributed by atoms with Gasteiger partial charge in [-0.15, -0.1) is 0 Å². The number of ketones is 1. The number of unbranched alkanes of at least 4 members (excludes halogenated alkanes) is 1. The number of benzene rings is 1. The third kappa shape index (κ3) is 6.26. The summed E-state index contributed by atoms with van der Waals surface area (Å²) < 4.78 is 12.7. The molecule has 0 bridgehead atoms. The first-order valence-corrected chi connectivity index (χ1v) is 7.39. The van der Waals surface area contributed by atoms with Gasteiger partial charge in [0.25, 0.3) is 0 Å². The van der Waals surface area contributed by atoms with Crippen molar-refractivity contribution in [3.8, 4) is 0 Å².